The number of benzene rings is 1. The van der Waals surface area contributed by atoms with Gasteiger partial charge in [-0.2, -0.15) is 13.2 Å². The highest BCUT2D eigenvalue weighted by Gasteiger charge is 2.30. The minimum Gasteiger partial charge on any atom is -0.259 e. The highest BCUT2D eigenvalue weighted by Crippen LogP contribution is 2.33. The molecular weight excluding hydrogens is 307 g/mol. The molecule has 0 fully saturated rings. The van der Waals surface area contributed by atoms with E-state index in [-0.39, 0.29) is 0 Å². The molecule has 0 amide bonds. The van der Waals surface area contributed by atoms with Crippen molar-refractivity contribution in [2.24, 2.45) is 0 Å². The molecule has 1 aromatic carbocycles. The number of hydrogen-bond donors (Lipinski definition) is 0. The van der Waals surface area contributed by atoms with Gasteiger partial charge in [0.05, 0.1) is 11.3 Å². The normalized spacial score (nSPS) is 12.0. The van der Waals surface area contributed by atoms with E-state index in [0.29, 0.717) is 5.92 Å². The number of nitrogens with zero attached hydrogens (tertiary/aromatic N) is 1. The standard InChI is InChI=1S/C17H18F3NS/c1-4-22-15-9-13(10-21-16(15)11(2)3)12-5-7-14(8-6-12)17(18,19)20/h5-11H,4H2,1-3H3. The third-order valence-electron chi connectivity index (χ3n) is 3.27. The van der Waals surface area contributed by atoms with Crippen molar-refractivity contribution in [2.45, 2.75) is 37.8 Å². The molecule has 1 heterocycles. The molecule has 0 saturated heterocycles. The Bertz CT molecular complexity index is 633. The Hall–Kier alpha value is -1.49. The van der Waals surface area contributed by atoms with E-state index in [4.69, 9.17) is 0 Å². The summed E-state index contributed by atoms with van der Waals surface area (Å²) >= 11 is 1.70. The van der Waals surface area contributed by atoms with Gasteiger partial charge in [0.15, 0.2) is 0 Å². The van der Waals surface area contributed by atoms with Crippen LogP contribution in [0.2, 0.25) is 0 Å². The SMILES string of the molecule is CCSc1cc(-c2ccc(C(F)(F)F)cc2)cnc1C(C)C. The van der Waals surface area contributed by atoms with Crippen molar-refractivity contribution in [3.05, 3.63) is 47.8 Å². The number of aromatic nitrogens is 1. The summed E-state index contributed by atoms with van der Waals surface area (Å²) in [6.45, 7) is 6.24. The van der Waals surface area contributed by atoms with Crippen LogP contribution in [0.25, 0.3) is 11.1 Å². The third kappa shape index (κ3) is 3.83. The molecule has 0 bridgehead atoms. The maximum Gasteiger partial charge on any atom is 0.416 e. The van der Waals surface area contributed by atoms with Crippen LogP contribution in [-0.2, 0) is 6.18 Å². The van der Waals surface area contributed by atoms with Gasteiger partial charge in [0, 0.05) is 16.7 Å². The molecule has 2 aromatic rings. The van der Waals surface area contributed by atoms with E-state index in [9.17, 15) is 13.2 Å². The number of hydrogen-bond acceptors (Lipinski definition) is 2. The summed E-state index contributed by atoms with van der Waals surface area (Å²) < 4.78 is 37.8. The van der Waals surface area contributed by atoms with Crippen molar-refractivity contribution >= 4 is 11.8 Å². The smallest absolute Gasteiger partial charge is 0.259 e. The van der Waals surface area contributed by atoms with Crippen LogP contribution < -0.4 is 0 Å². The summed E-state index contributed by atoms with van der Waals surface area (Å²) in [5, 5.41) is 0. The minimum atomic E-state index is -4.30. The van der Waals surface area contributed by atoms with Crippen molar-refractivity contribution in [3.63, 3.8) is 0 Å². The van der Waals surface area contributed by atoms with Gasteiger partial charge in [0.25, 0.3) is 0 Å². The average Bonchev–Trinajstić information content (AvgIpc) is 2.46. The number of rotatable bonds is 4. The van der Waals surface area contributed by atoms with Gasteiger partial charge in [-0.05, 0) is 35.4 Å². The molecule has 0 aliphatic heterocycles. The van der Waals surface area contributed by atoms with E-state index in [1.54, 1.807) is 18.0 Å². The second-order valence-electron chi connectivity index (χ2n) is 5.27. The quantitative estimate of drug-likeness (QED) is 0.639. The minimum absolute atomic E-state index is 0.315. The molecule has 22 heavy (non-hydrogen) atoms. The van der Waals surface area contributed by atoms with Crippen LogP contribution in [0.1, 0.15) is 37.9 Å². The second-order valence-corrected chi connectivity index (χ2v) is 6.58. The molecule has 0 aliphatic carbocycles. The zero-order chi connectivity index (χ0) is 16.3. The molecule has 0 saturated carbocycles. The predicted molar refractivity (Wildman–Crippen MR) is 85.2 cm³/mol. The van der Waals surface area contributed by atoms with Crippen molar-refractivity contribution in [3.8, 4) is 11.1 Å². The maximum atomic E-state index is 12.6. The highest BCUT2D eigenvalue weighted by molar-refractivity contribution is 7.99. The lowest BCUT2D eigenvalue weighted by Crippen LogP contribution is -2.04. The third-order valence-corrected chi connectivity index (χ3v) is 4.20. The first-order valence-corrected chi connectivity index (χ1v) is 8.12. The van der Waals surface area contributed by atoms with Crippen LogP contribution in [0, 0.1) is 0 Å². The fourth-order valence-corrected chi connectivity index (χ4v) is 3.13. The topological polar surface area (TPSA) is 12.9 Å². The van der Waals surface area contributed by atoms with Crippen LogP contribution in [0.5, 0.6) is 0 Å². The molecule has 0 atom stereocenters. The molecule has 0 radical (unpaired) electrons. The molecule has 118 valence electrons. The monoisotopic (exact) mass is 325 g/mol. The molecule has 1 aromatic heterocycles. The van der Waals surface area contributed by atoms with Gasteiger partial charge in [-0.3, -0.25) is 4.98 Å². The average molecular weight is 325 g/mol. The number of thioether (sulfide) groups is 1. The fraction of sp³-hybridized carbons (Fsp3) is 0.353. The zero-order valence-corrected chi connectivity index (χ0v) is 13.6. The van der Waals surface area contributed by atoms with E-state index in [1.165, 1.54) is 12.1 Å². The van der Waals surface area contributed by atoms with Crippen molar-refractivity contribution < 1.29 is 13.2 Å². The molecule has 2 rings (SSSR count). The van der Waals surface area contributed by atoms with Gasteiger partial charge in [-0.15, -0.1) is 11.8 Å². The summed E-state index contributed by atoms with van der Waals surface area (Å²) in [5.74, 6) is 1.24. The van der Waals surface area contributed by atoms with Gasteiger partial charge in [-0.25, -0.2) is 0 Å². The molecule has 5 heteroatoms. The van der Waals surface area contributed by atoms with Gasteiger partial charge in [0.2, 0.25) is 0 Å². The van der Waals surface area contributed by atoms with Gasteiger partial charge >= 0.3 is 6.18 Å². The largest absolute Gasteiger partial charge is 0.416 e. The lowest BCUT2D eigenvalue weighted by molar-refractivity contribution is -0.137. The first-order valence-electron chi connectivity index (χ1n) is 7.13. The first-order chi connectivity index (χ1) is 10.3. The Morgan fingerprint density at radius 3 is 2.23 bits per heavy atom. The van der Waals surface area contributed by atoms with Crippen molar-refractivity contribution in [1.29, 1.82) is 0 Å². The fourth-order valence-electron chi connectivity index (χ4n) is 2.17. The van der Waals surface area contributed by atoms with Crippen molar-refractivity contribution in [1.82, 2.24) is 4.98 Å². The predicted octanol–water partition coefficient (Wildman–Crippen LogP) is 6.00. The van der Waals surface area contributed by atoms with Crippen LogP contribution in [0.15, 0.2) is 41.4 Å². The summed E-state index contributed by atoms with van der Waals surface area (Å²) in [6.07, 6.45) is -2.57. The van der Waals surface area contributed by atoms with Gasteiger partial charge < -0.3 is 0 Å². The Labute approximate surface area is 133 Å². The van der Waals surface area contributed by atoms with Crippen LogP contribution in [0.4, 0.5) is 13.2 Å². The van der Waals surface area contributed by atoms with Crippen LogP contribution >= 0.6 is 11.8 Å². The molecule has 1 nitrogen and oxygen atoms in total. The lowest BCUT2D eigenvalue weighted by Gasteiger charge is -2.13. The van der Waals surface area contributed by atoms with E-state index in [0.717, 1.165) is 39.6 Å². The number of alkyl halides is 3. The Morgan fingerprint density at radius 2 is 1.73 bits per heavy atom. The second kappa shape index (κ2) is 6.73. The van der Waals surface area contributed by atoms with Crippen LogP contribution in [-0.4, -0.2) is 10.7 Å². The summed E-state index contributed by atoms with van der Waals surface area (Å²) in [6, 6.07) is 7.22. The lowest BCUT2D eigenvalue weighted by atomic mass is 10.0. The van der Waals surface area contributed by atoms with Gasteiger partial charge in [0.1, 0.15) is 0 Å². The molecule has 0 unspecified atom stereocenters. The summed E-state index contributed by atoms with van der Waals surface area (Å²) in [4.78, 5) is 5.59. The van der Waals surface area contributed by atoms with E-state index < -0.39 is 11.7 Å². The van der Waals surface area contributed by atoms with E-state index >= 15 is 0 Å². The highest BCUT2D eigenvalue weighted by atomic mass is 32.2. The molecule has 0 N–H and O–H groups in total. The molecule has 0 aliphatic rings. The number of halogens is 3. The van der Waals surface area contributed by atoms with E-state index in [1.807, 2.05) is 6.07 Å². The van der Waals surface area contributed by atoms with E-state index in [2.05, 4.69) is 25.8 Å². The Morgan fingerprint density at radius 1 is 1.09 bits per heavy atom. The Balaban J connectivity index is 2.38. The van der Waals surface area contributed by atoms with Crippen LogP contribution in [0.3, 0.4) is 0 Å². The first kappa shape index (κ1) is 16.9. The van der Waals surface area contributed by atoms with Crippen molar-refractivity contribution in [2.75, 3.05) is 5.75 Å². The Kier molecular flexibility index (Phi) is 5.16. The number of pyridine rings is 1. The zero-order valence-electron chi connectivity index (χ0n) is 12.7. The van der Waals surface area contributed by atoms with Gasteiger partial charge in [-0.1, -0.05) is 32.9 Å². The maximum absolute atomic E-state index is 12.6. The summed E-state index contributed by atoms with van der Waals surface area (Å²) in [5.41, 5.74) is 1.98. The molecular formula is C17H18F3NS. The summed E-state index contributed by atoms with van der Waals surface area (Å²) in [7, 11) is 0. The molecule has 0 spiro atoms.